The SMILES string of the molecule is C=CCC[C@H](C)N[C@H](C)CC. The Kier molecular flexibility index (Phi) is 6.24. The molecule has 0 bridgehead atoms. The second kappa shape index (κ2) is 6.41. The van der Waals surface area contributed by atoms with Gasteiger partial charge in [-0.15, -0.1) is 6.58 Å². The molecule has 0 aliphatic rings. The summed E-state index contributed by atoms with van der Waals surface area (Å²) in [5.74, 6) is 0. The Hall–Kier alpha value is -0.300. The molecule has 1 nitrogen and oxygen atoms in total. The lowest BCUT2D eigenvalue weighted by atomic mass is 10.1. The van der Waals surface area contributed by atoms with E-state index in [0.717, 1.165) is 6.42 Å². The molecule has 0 heterocycles. The van der Waals surface area contributed by atoms with Crippen LogP contribution >= 0.6 is 0 Å². The molecule has 0 radical (unpaired) electrons. The number of hydrogen-bond donors (Lipinski definition) is 1. The summed E-state index contributed by atoms with van der Waals surface area (Å²) >= 11 is 0. The van der Waals surface area contributed by atoms with Crippen molar-refractivity contribution in [3.05, 3.63) is 12.7 Å². The average molecular weight is 155 g/mol. The monoisotopic (exact) mass is 155 g/mol. The zero-order valence-electron chi connectivity index (χ0n) is 8.06. The molecule has 0 spiro atoms. The van der Waals surface area contributed by atoms with E-state index in [4.69, 9.17) is 0 Å². The van der Waals surface area contributed by atoms with Gasteiger partial charge < -0.3 is 5.32 Å². The maximum Gasteiger partial charge on any atom is 0.00441 e. The molecule has 0 fully saturated rings. The van der Waals surface area contributed by atoms with Crippen LogP contribution in [0.2, 0.25) is 0 Å². The second-order valence-electron chi connectivity index (χ2n) is 3.24. The molecule has 0 amide bonds. The van der Waals surface area contributed by atoms with Gasteiger partial charge in [-0.25, -0.2) is 0 Å². The van der Waals surface area contributed by atoms with Crippen LogP contribution in [0, 0.1) is 0 Å². The van der Waals surface area contributed by atoms with E-state index >= 15 is 0 Å². The van der Waals surface area contributed by atoms with Crippen molar-refractivity contribution in [1.82, 2.24) is 5.32 Å². The predicted molar refractivity (Wildman–Crippen MR) is 51.8 cm³/mol. The Bertz CT molecular complexity index is 99.0. The van der Waals surface area contributed by atoms with Gasteiger partial charge in [0.25, 0.3) is 0 Å². The van der Waals surface area contributed by atoms with Crippen LogP contribution < -0.4 is 5.32 Å². The van der Waals surface area contributed by atoms with E-state index in [9.17, 15) is 0 Å². The van der Waals surface area contributed by atoms with Crippen molar-refractivity contribution >= 4 is 0 Å². The van der Waals surface area contributed by atoms with E-state index < -0.39 is 0 Å². The lowest BCUT2D eigenvalue weighted by molar-refractivity contribution is 0.440. The average Bonchev–Trinajstić information content (AvgIpc) is 2.00. The summed E-state index contributed by atoms with van der Waals surface area (Å²) in [6.07, 6.45) is 5.51. The van der Waals surface area contributed by atoms with Crippen LogP contribution in [0.4, 0.5) is 0 Å². The topological polar surface area (TPSA) is 12.0 Å². The number of nitrogens with one attached hydrogen (secondary N) is 1. The van der Waals surface area contributed by atoms with Crippen molar-refractivity contribution in [3.8, 4) is 0 Å². The predicted octanol–water partition coefficient (Wildman–Crippen LogP) is 2.73. The molecule has 2 atom stereocenters. The Balaban J connectivity index is 3.34. The minimum atomic E-state index is 0.628. The summed E-state index contributed by atoms with van der Waals surface area (Å²) in [5, 5.41) is 3.52. The van der Waals surface area contributed by atoms with Crippen LogP contribution in [0.1, 0.15) is 40.0 Å². The lowest BCUT2D eigenvalue weighted by Gasteiger charge is -2.17. The van der Waals surface area contributed by atoms with Crippen molar-refractivity contribution in [2.75, 3.05) is 0 Å². The highest BCUT2D eigenvalue weighted by atomic mass is 14.9. The molecule has 0 unspecified atom stereocenters. The lowest BCUT2D eigenvalue weighted by Crippen LogP contribution is -2.33. The molecule has 11 heavy (non-hydrogen) atoms. The number of allylic oxidation sites excluding steroid dienone is 1. The molecule has 0 aromatic rings. The van der Waals surface area contributed by atoms with Crippen LogP contribution in [0.3, 0.4) is 0 Å². The first-order chi connectivity index (χ1) is 5.20. The third kappa shape index (κ3) is 6.11. The van der Waals surface area contributed by atoms with Gasteiger partial charge in [-0.3, -0.25) is 0 Å². The van der Waals surface area contributed by atoms with Crippen LogP contribution in [-0.4, -0.2) is 12.1 Å². The fourth-order valence-corrected chi connectivity index (χ4v) is 1.05. The molecule has 0 rings (SSSR count). The number of hydrogen-bond acceptors (Lipinski definition) is 1. The van der Waals surface area contributed by atoms with Gasteiger partial charge in [0.1, 0.15) is 0 Å². The Morgan fingerprint density at radius 1 is 1.36 bits per heavy atom. The molecule has 0 aliphatic heterocycles. The first kappa shape index (κ1) is 10.7. The van der Waals surface area contributed by atoms with E-state index in [0.29, 0.717) is 12.1 Å². The molecule has 1 heteroatoms. The van der Waals surface area contributed by atoms with Crippen molar-refractivity contribution < 1.29 is 0 Å². The highest BCUT2D eigenvalue weighted by molar-refractivity contribution is 4.72. The van der Waals surface area contributed by atoms with E-state index in [1.807, 2.05) is 6.08 Å². The van der Waals surface area contributed by atoms with Gasteiger partial charge >= 0.3 is 0 Å². The minimum Gasteiger partial charge on any atom is -0.312 e. The van der Waals surface area contributed by atoms with Crippen LogP contribution in [-0.2, 0) is 0 Å². The minimum absolute atomic E-state index is 0.628. The standard InChI is InChI=1S/C10H21N/c1-5-7-8-10(4)11-9(3)6-2/h5,9-11H,1,6-8H2,2-4H3/t9-,10+/m1/s1. The van der Waals surface area contributed by atoms with E-state index in [1.54, 1.807) is 0 Å². The molecule has 0 aliphatic carbocycles. The smallest absolute Gasteiger partial charge is 0.00441 e. The van der Waals surface area contributed by atoms with Crippen molar-refractivity contribution in [1.29, 1.82) is 0 Å². The molecule has 0 saturated carbocycles. The normalized spacial score (nSPS) is 15.9. The first-order valence-electron chi connectivity index (χ1n) is 4.57. The fraction of sp³-hybridized carbons (Fsp3) is 0.800. The van der Waals surface area contributed by atoms with E-state index in [1.165, 1.54) is 12.8 Å². The quantitative estimate of drug-likeness (QED) is 0.582. The fourth-order valence-electron chi connectivity index (χ4n) is 1.05. The van der Waals surface area contributed by atoms with Crippen molar-refractivity contribution in [2.45, 2.75) is 52.1 Å². The summed E-state index contributed by atoms with van der Waals surface area (Å²) < 4.78 is 0. The van der Waals surface area contributed by atoms with Crippen molar-refractivity contribution in [3.63, 3.8) is 0 Å². The summed E-state index contributed by atoms with van der Waals surface area (Å²) in [4.78, 5) is 0. The van der Waals surface area contributed by atoms with Crippen LogP contribution in [0.5, 0.6) is 0 Å². The summed E-state index contributed by atoms with van der Waals surface area (Å²) in [7, 11) is 0. The van der Waals surface area contributed by atoms with Gasteiger partial charge in [-0.1, -0.05) is 13.0 Å². The molecule has 1 N–H and O–H groups in total. The van der Waals surface area contributed by atoms with Gasteiger partial charge in [0, 0.05) is 12.1 Å². The Morgan fingerprint density at radius 3 is 2.45 bits per heavy atom. The third-order valence-electron chi connectivity index (χ3n) is 1.99. The second-order valence-corrected chi connectivity index (χ2v) is 3.24. The first-order valence-corrected chi connectivity index (χ1v) is 4.57. The van der Waals surface area contributed by atoms with Gasteiger partial charge in [-0.2, -0.15) is 0 Å². The Morgan fingerprint density at radius 2 is 2.00 bits per heavy atom. The van der Waals surface area contributed by atoms with Crippen molar-refractivity contribution in [2.24, 2.45) is 0 Å². The number of rotatable bonds is 6. The summed E-state index contributed by atoms with van der Waals surface area (Å²) in [6.45, 7) is 10.4. The molecular formula is C10H21N. The zero-order valence-corrected chi connectivity index (χ0v) is 8.06. The summed E-state index contributed by atoms with van der Waals surface area (Å²) in [5.41, 5.74) is 0. The molecule has 0 aromatic carbocycles. The van der Waals surface area contributed by atoms with Crippen LogP contribution in [0.15, 0.2) is 12.7 Å². The Labute approximate surface area is 70.9 Å². The van der Waals surface area contributed by atoms with E-state index in [-0.39, 0.29) is 0 Å². The van der Waals surface area contributed by atoms with E-state index in [2.05, 4.69) is 32.7 Å². The maximum absolute atomic E-state index is 3.70. The largest absolute Gasteiger partial charge is 0.312 e. The highest BCUT2D eigenvalue weighted by Crippen LogP contribution is 1.99. The van der Waals surface area contributed by atoms with Gasteiger partial charge in [0.05, 0.1) is 0 Å². The highest BCUT2D eigenvalue weighted by Gasteiger charge is 2.03. The van der Waals surface area contributed by atoms with Gasteiger partial charge in [0.15, 0.2) is 0 Å². The molecule has 0 saturated heterocycles. The zero-order chi connectivity index (χ0) is 8.69. The molecule has 66 valence electrons. The molecule has 0 aromatic heterocycles. The van der Waals surface area contributed by atoms with Crippen LogP contribution in [0.25, 0.3) is 0 Å². The van der Waals surface area contributed by atoms with Gasteiger partial charge in [-0.05, 0) is 33.1 Å². The maximum atomic E-state index is 3.70. The third-order valence-corrected chi connectivity index (χ3v) is 1.99. The summed E-state index contributed by atoms with van der Waals surface area (Å²) in [6, 6.07) is 1.28. The van der Waals surface area contributed by atoms with Gasteiger partial charge in [0.2, 0.25) is 0 Å². The molecular weight excluding hydrogens is 134 g/mol.